The van der Waals surface area contributed by atoms with Gasteiger partial charge in [-0.15, -0.1) is 0 Å². The molecule has 26 heavy (non-hydrogen) atoms. The first-order valence-electron chi connectivity index (χ1n) is 8.04. The highest BCUT2D eigenvalue weighted by molar-refractivity contribution is 5.96. The molecule has 0 radical (unpaired) electrons. The summed E-state index contributed by atoms with van der Waals surface area (Å²) in [6, 6.07) is 9.30. The van der Waals surface area contributed by atoms with E-state index in [1.165, 1.54) is 6.20 Å². The quantitative estimate of drug-likeness (QED) is 0.749. The smallest absolute Gasteiger partial charge is 0.256 e. The van der Waals surface area contributed by atoms with Gasteiger partial charge in [-0.3, -0.25) is 9.59 Å². The highest BCUT2D eigenvalue weighted by Gasteiger charge is 2.30. The second kappa shape index (κ2) is 7.72. The lowest BCUT2D eigenvalue weighted by Crippen LogP contribution is -2.51. The molecule has 0 spiro atoms. The molecule has 1 aromatic carbocycles. The molecule has 1 saturated heterocycles. The van der Waals surface area contributed by atoms with E-state index in [-0.39, 0.29) is 17.4 Å². The van der Waals surface area contributed by atoms with E-state index < -0.39 is 17.6 Å². The molecule has 3 N–H and O–H groups in total. The monoisotopic (exact) mass is 355 g/mol. The third-order valence-electron chi connectivity index (χ3n) is 4.04. The van der Waals surface area contributed by atoms with E-state index in [0.717, 1.165) is 6.07 Å². The summed E-state index contributed by atoms with van der Waals surface area (Å²) >= 11 is 0. The second-order valence-corrected chi connectivity index (χ2v) is 5.83. The van der Waals surface area contributed by atoms with Gasteiger partial charge < -0.3 is 24.9 Å². The van der Waals surface area contributed by atoms with Gasteiger partial charge in [0.2, 0.25) is 0 Å². The number of nitrogens with zero attached hydrogens (tertiary/aromatic N) is 1. The van der Waals surface area contributed by atoms with Crippen LogP contribution in [0, 0.1) is 11.3 Å². The molecule has 1 amide bonds. The maximum Gasteiger partial charge on any atom is 0.256 e. The van der Waals surface area contributed by atoms with Crippen molar-refractivity contribution < 1.29 is 19.4 Å². The number of hydrogen-bond donors (Lipinski definition) is 3. The maximum atomic E-state index is 12.4. The van der Waals surface area contributed by atoms with E-state index >= 15 is 0 Å². The standard InChI is InChI=1S/C18H17N3O5/c19-8-11-1-3-12(4-2-11)26-16-10-25-6-5-14(16)21-18(24)13-9-20-17(23)7-15(13)22/h1-4,7,9,14,16H,5-6,10H2,(H,21,24)(H2,20,22,23)/t14-,16-/m1/s1. The van der Waals surface area contributed by atoms with Crippen LogP contribution >= 0.6 is 0 Å². The lowest BCUT2D eigenvalue weighted by Gasteiger charge is -2.32. The Hall–Kier alpha value is -3.31. The average Bonchev–Trinajstić information content (AvgIpc) is 2.64. The number of aromatic amines is 1. The summed E-state index contributed by atoms with van der Waals surface area (Å²) in [6.07, 6.45) is 1.28. The lowest BCUT2D eigenvalue weighted by molar-refractivity contribution is -0.0135. The number of amides is 1. The van der Waals surface area contributed by atoms with Gasteiger partial charge >= 0.3 is 0 Å². The van der Waals surface area contributed by atoms with Crippen LogP contribution in [0.2, 0.25) is 0 Å². The fraction of sp³-hybridized carbons (Fsp3) is 0.278. The van der Waals surface area contributed by atoms with Gasteiger partial charge in [-0.05, 0) is 30.7 Å². The fourth-order valence-corrected chi connectivity index (χ4v) is 2.66. The molecular formula is C18H17N3O5. The highest BCUT2D eigenvalue weighted by Crippen LogP contribution is 2.19. The van der Waals surface area contributed by atoms with Crippen LogP contribution in [-0.2, 0) is 4.74 Å². The zero-order chi connectivity index (χ0) is 18.5. The molecule has 8 nitrogen and oxygen atoms in total. The molecule has 1 aliphatic rings. The van der Waals surface area contributed by atoms with Crippen LogP contribution < -0.4 is 15.6 Å². The molecule has 0 unspecified atom stereocenters. The number of ether oxygens (including phenoxy) is 2. The number of rotatable bonds is 4. The molecule has 3 rings (SSSR count). The average molecular weight is 355 g/mol. The van der Waals surface area contributed by atoms with Crippen LogP contribution in [0.4, 0.5) is 0 Å². The molecule has 2 heterocycles. The van der Waals surface area contributed by atoms with E-state index in [4.69, 9.17) is 14.7 Å². The molecule has 0 aliphatic carbocycles. The number of nitrogens with one attached hydrogen (secondary N) is 2. The molecule has 0 saturated carbocycles. The normalized spacial score (nSPS) is 19.3. The minimum absolute atomic E-state index is 0.0202. The van der Waals surface area contributed by atoms with E-state index in [1.807, 2.05) is 6.07 Å². The number of aromatic hydroxyl groups is 1. The van der Waals surface area contributed by atoms with Crippen LogP contribution in [0.15, 0.2) is 41.3 Å². The van der Waals surface area contributed by atoms with Crippen LogP contribution in [-0.4, -0.2) is 41.4 Å². The predicted octanol–water partition coefficient (Wildman–Crippen LogP) is 0.918. The molecule has 0 bridgehead atoms. The summed E-state index contributed by atoms with van der Waals surface area (Å²) in [5.41, 5.74) is 0.0102. The topological polar surface area (TPSA) is 124 Å². The Labute approximate surface area is 149 Å². The number of pyridine rings is 1. The number of H-pyrrole nitrogens is 1. The summed E-state index contributed by atoms with van der Waals surface area (Å²) in [4.78, 5) is 25.9. The Kier molecular flexibility index (Phi) is 5.20. The van der Waals surface area contributed by atoms with Crippen molar-refractivity contribution in [3.63, 3.8) is 0 Å². The number of aromatic nitrogens is 1. The Bertz CT molecular complexity index is 885. The first-order chi connectivity index (χ1) is 12.6. The third-order valence-corrected chi connectivity index (χ3v) is 4.04. The molecule has 2 aromatic rings. The van der Waals surface area contributed by atoms with Gasteiger partial charge in [0.15, 0.2) is 0 Å². The molecule has 134 valence electrons. The molecule has 1 fully saturated rings. The van der Waals surface area contributed by atoms with Crippen molar-refractivity contribution in [3.8, 4) is 17.6 Å². The van der Waals surface area contributed by atoms with Gasteiger partial charge in [0.25, 0.3) is 11.5 Å². The van der Waals surface area contributed by atoms with Crippen molar-refractivity contribution in [1.29, 1.82) is 5.26 Å². The Balaban J connectivity index is 1.71. The van der Waals surface area contributed by atoms with Crippen molar-refractivity contribution >= 4 is 5.91 Å². The molecule has 1 aliphatic heterocycles. The van der Waals surface area contributed by atoms with Gasteiger partial charge in [-0.1, -0.05) is 0 Å². The molecule has 1 aromatic heterocycles. The summed E-state index contributed by atoms with van der Waals surface area (Å²) < 4.78 is 11.3. The SMILES string of the molecule is N#Cc1ccc(O[C@@H]2COCC[C@H]2NC(=O)c2c[nH]c(=O)cc2O)cc1. The third kappa shape index (κ3) is 4.02. The highest BCUT2D eigenvalue weighted by atomic mass is 16.5. The van der Waals surface area contributed by atoms with Gasteiger partial charge in [0.05, 0.1) is 29.8 Å². The maximum absolute atomic E-state index is 12.4. The van der Waals surface area contributed by atoms with Gasteiger partial charge in [-0.25, -0.2) is 0 Å². The van der Waals surface area contributed by atoms with Gasteiger partial charge in [0, 0.05) is 18.9 Å². The summed E-state index contributed by atoms with van der Waals surface area (Å²) in [6.45, 7) is 0.762. The first-order valence-corrected chi connectivity index (χ1v) is 8.04. The van der Waals surface area contributed by atoms with Crippen molar-refractivity contribution in [3.05, 3.63) is 58.0 Å². The summed E-state index contributed by atoms with van der Waals surface area (Å²) in [7, 11) is 0. The zero-order valence-corrected chi connectivity index (χ0v) is 13.8. The first kappa shape index (κ1) is 17.5. The van der Waals surface area contributed by atoms with Crippen molar-refractivity contribution in [2.24, 2.45) is 0 Å². The molecule has 8 heteroatoms. The summed E-state index contributed by atoms with van der Waals surface area (Å²) in [5.74, 6) is -0.340. The number of carbonyl (C=O) groups excluding carboxylic acids is 1. The van der Waals surface area contributed by atoms with Crippen LogP contribution in [0.1, 0.15) is 22.3 Å². The number of carbonyl (C=O) groups is 1. The number of hydrogen-bond acceptors (Lipinski definition) is 6. The molecule has 2 atom stereocenters. The minimum Gasteiger partial charge on any atom is -0.507 e. The Morgan fingerprint density at radius 1 is 1.38 bits per heavy atom. The lowest BCUT2D eigenvalue weighted by atomic mass is 10.1. The largest absolute Gasteiger partial charge is 0.507 e. The summed E-state index contributed by atoms with van der Waals surface area (Å²) in [5, 5.41) is 21.4. The Morgan fingerprint density at radius 2 is 2.15 bits per heavy atom. The van der Waals surface area contributed by atoms with E-state index in [9.17, 15) is 14.7 Å². The second-order valence-electron chi connectivity index (χ2n) is 5.83. The van der Waals surface area contributed by atoms with Crippen molar-refractivity contribution in [2.45, 2.75) is 18.6 Å². The molecular weight excluding hydrogens is 338 g/mol. The van der Waals surface area contributed by atoms with Crippen LogP contribution in [0.25, 0.3) is 0 Å². The predicted molar refractivity (Wildman–Crippen MR) is 91.0 cm³/mol. The number of benzene rings is 1. The fourth-order valence-electron chi connectivity index (χ4n) is 2.66. The van der Waals surface area contributed by atoms with E-state index in [2.05, 4.69) is 10.3 Å². The van der Waals surface area contributed by atoms with Crippen LogP contribution in [0.5, 0.6) is 11.5 Å². The van der Waals surface area contributed by atoms with Crippen molar-refractivity contribution in [1.82, 2.24) is 10.3 Å². The van der Waals surface area contributed by atoms with Gasteiger partial charge in [-0.2, -0.15) is 5.26 Å². The zero-order valence-electron chi connectivity index (χ0n) is 13.8. The van der Waals surface area contributed by atoms with E-state index in [1.54, 1.807) is 24.3 Å². The van der Waals surface area contributed by atoms with E-state index in [0.29, 0.717) is 30.9 Å². The minimum atomic E-state index is -0.515. The number of nitriles is 1. The Morgan fingerprint density at radius 3 is 2.85 bits per heavy atom. The van der Waals surface area contributed by atoms with Crippen LogP contribution in [0.3, 0.4) is 0 Å². The van der Waals surface area contributed by atoms with Crippen molar-refractivity contribution in [2.75, 3.05) is 13.2 Å². The van der Waals surface area contributed by atoms with Gasteiger partial charge in [0.1, 0.15) is 17.6 Å².